The number of rotatable bonds is 3. The van der Waals surface area contributed by atoms with Gasteiger partial charge in [-0.15, -0.1) is 0 Å². The molecule has 0 spiro atoms. The van der Waals surface area contributed by atoms with Crippen LogP contribution in [0.5, 0.6) is 0 Å². The second-order valence-electron chi connectivity index (χ2n) is 4.29. The Morgan fingerprint density at radius 1 is 1.19 bits per heavy atom. The maximum Gasteiger partial charge on any atom is 0.303 e. The van der Waals surface area contributed by atoms with Crippen molar-refractivity contribution in [1.82, 2.24) is 0 Å². The van der Waals surface area contributed by atoms with Crippen molar-refractivity contribution in [1.29, 1.82) is 0 Å². The third-order valence-corrected chi connectivity index (χ3v) is 2.80. The summed E-state index contributed by atoms with van der Waals surface area (Å²) >= 11 is 0. The number of carboxylic acid groups (broad SMARTS) is 1. The Hall–Kier alpha value is -0.900. The number of hydrogen-bond acceptors (Lipinski definition) is 3. The minimum Gasteiger partial charge on any atom is -0.481 e. The van der Waals surface area contributed by atoms with Crippen LogP contribution in [0.2, 0.25) is 0 Å². The van der Waals surface area contributed by atoms with Crippen LogP contribution in [-0.2, 0) is 9.59 Å². The molecule has 4 heteroatoms. The van der Waals surface area contributed by atoms with E-state index in [0.29, 0.717) is 19.3 Å². The molecule has 1 rings (SSSR count). The Bertz CT molecular complexity index is 229. The summed E-state index contributed by atoms with van der Waals surface area (Å²) in [6.45, 7) is 3.32. The number of aliphatic carboxylic acids is 1. The Kier molecular flexibility index (Phi) is 6.97. The molecule has 0 aromatic rings. The van der Waals surface area contributed by atoms with Gasteiger partial charge in [-0.2, -0.15) is 0 Å². The smallest absolute Gasteiger partial charge is 0.303 e. The lowest BCUT2D eigenvalue weighted by Crippen LogP contribution is -2.38. The third kappa shape index (κ3) is 5.85. The molecule has 0 heterocycles. The highest BCUT2D eigenvalue weighted by atomic mass is 16.4. The lowest BCUT2D eigenvalue weighted by atomic mass is 9.82. The predicted octanol–water partition coefficient (Wildman–Crippen LogP) is 2.14. The SMILES string of the molecule is CC(=O)C1(O)CCCCC1.CCCC(=O)O. The monoisotopic (exact) mass is 230 g/mol. The van der Waals surface area contributed by atoms with E-state index in [-0.39, 0.29) is 5.78 Å². The van der Waals surface area contributed by atoms with Crippen LogP contribution in [0.3, 0.4) is 0 Å². The molecule has 0 atom stereocenters. The molecule has 0 saturated heterocycles. The van der Waals surface area contributed by atoms with Gasteiger partial charge in [-0.1, -0.05) is 26.2 Å². The largest absolute Gasteiger partial charge is 0.481 e. The Morgan fingerprint density at radius 2 is 1.69 bits per heavy atom. The minimum atomic E-state index is -0.960. The van der Waals surface area contributed by atoms with E-state index in [4.69, 9.17) is 5.11 Å². The van der Waals surface area contributed by atoms with Crippen LogP contribution in [0.15, 0.2) is 0 Å². The Balaban J connectivity index is 0.000000325. The highest BCUT2D eigenvalue weighted by molar-refractivity contribution is 5.84. The molecule has 0 aliphatic heterocycles. The van der Waals surface area contributed by atoms with E-state index < -0.39 is 11.6 Å². The molecule has 1 fully saturated rings. The van der Waals surface area contributed by atoms with Crippen molar-refractivity contribution in [2.24, 2.45) is 0 Å². The quantitative estimate of drug-likeness (QED) is 0.779. The van der Waals surface area contributed by atoms with Gasteiger partial charge in [0.2, 0.25) is 0 Å². The lowest BCUT2D eigenvalue weighted by Gasteiger charge is -2.28. The van der Waals surface area contributed by atoms with Gasteiger partial charge in [0.15, 0.2) is 5.78 Å². The van der Waals surface area contributed by atoms with Crippen molar-refractivity contribution in [3.05, 3.63) is 0 Å². The molecule has 1 aliphatic carbocycles. The molecular formula is C12H22O4. The number of aliphatic hydroxyl groups is 1. The Labute approximate surface area is 96.7 Å². The third-order valence-electron chi connectivity index (χ3n) is 2.80. The highest BCUT2D eigenvalue weighted by Gasteiger charge is 2.33. The van der Waals surface area contributed by atoms with Gasteiger partial charge in [-0.05, 0) is 26.2 Å². The van der Waals surface area contributed by atoms with Crippen molar-refractivity contribution in [3.8, 4) is 0 Å². The maximum atomic E-state index is 10.9. The van der Waals surface area contributed by atoms with Crippen molar-refractivity contribution in [2.45, 2.75) is 64.4 Å². The summed E-state index contributed by atoms with van der Waals surface area (Å²) in [6.07, 6.45) is 5.52. The van der Waals surface area contributed by atoms with E-state index in [2.05, 4.69) is 0 Å². The molecule has 2 N–H and O–H groups in total. The normalized spacial score (nSPS) is 18.2. The second kappa shape index (κ2) is 7.39. The van der Waals surface area contributed by atoms with Gasteiger partial charge in [0.1, 0.15) is 5.60 Å². The number of carbonyl (C=O) groups is 2. The first-order chi connectivity index (χ1) is 7.42. The minimum absolute atomic E-state index is 0.0628. The van der Waals surface area contributed by atoms with E-state index in [9.17, 15) is 14.7 Å². The van der Waals surface area contributed by atoms with E-state index >= 15 is 0 Å². The number of carboxylic acids is 1. The fourth-order valence-corrected chi connectivity index (χ4v) is 1.70. The molecule has 94 valence electrons. The van der Waals surface area contributed by atoms with E-state index in [1.807, 2.05) is 6.92 Å². The average molecular weight is 230 g/mol. The van der Waals surface area contributed by atoms with Crippen molar-refractivity contribution < 1.29 is 19.8 Å². The van der Waals surface area contributed by atoms with Crippen LogP contribution in [0.4, 0.5) is 0 Å². The molecule has 0 radical (unpaired) electrons. The van der Waals surface area contributed by atoms with Gasteiger partial charge in [-0.3, -0.25) is 9.59 Å². The standard InChI is InChI=1S/C8H14O2.C4H8O2/c1-7(9)8(10)5-3-2-4-6-8;1-2-3-4(5)6/h10H,2-6H2,1H3;2-3H2,1H3,(H,5,6). The van der Waals surface area contributed by atoms with Gasteiger partial charge in [0, 0.05) is 6.42 Å². The van der Waals surface area contributed by atoms with Crippen molar-refractivity contribution >= 4 is 11.8 Å². The first kappa shape index (κ1) is 15.1. The van der Waals surface area contributed by atoms with Crippen LogP contribution in [0.25, 0.3) is 0 Å². The zero-order valence-electron chi connectivity index (χ0n) is 10.2. The number of hydrogen-bond donors (Lipinski definition) is 2. The summed E-state index contributed by atoms with van der Waals surface area (Å²) in [4.78, 5) is 20.5. The number of ketones is 1. The molecule has 0 unspecified atom stereocenters. The van der Waals surface area contributed by atoms with E-state index in [0.717, 1.165) is 25.7 Å². The van der Waals surface area contributed by atoms with Gasteiger partial charge in [0.25, 0.3) is 0 Å². The summed E-state index contributed by atoms with van der Waals surface area (Å²) in [7, 11) is 0. The summed E-state index contributed by atoms with van der Waals surface area (Å²) in [5, 5.41) is 17.5. The zero-order valence-corrected chi connectivity index (χ0v) is 10.2. The molecule has 1 saturated carbocycles. The fraction of sp³-hybridized carbons (Fsp3) is 0.833. The van der Waals surface area contributed by atoms with Crippen LogP contribution in [0, 0.1) is 0 Å². The van der Waals surface area contributed by atoms with Gasteiger partial charge < -0.3 is 10.2 Å². The first-order valence-electron chi connectivity index (χ1n) is 5.87. The topological polar surface area (TPSA) is 74.6 Å². The number of Topliss-reactive ketones (excluding diaryl/α,β-unsaturated/α-hetero) is 1. The molecule has 1 aliphatic rings. The Morgan fingerprint density at radius 3 is 1.88 bits per heavy atom. The molecule has 16 heavy (non-hydrogen) atoms. The molecule has 0 amide bonds. The van der Waals surface area contributed by atoms with Crippen LogP contribution >= 0.6 is 0 Å². The van der Waals surface area contributed by atoms with E-state index in [1.54, 1.807) is 0 Å². The van der Waals surface area contributed by atoms with Crippen LogP contribution in [0.1, 0.15) is 58.8 Å². The fourth-order valence-electron chi connectivity index (χ4n) is 1.70. The van der Waals surface area contributed by atoms with Gasteiger partial charge >= 0.3 is 5.97 Å². The summed E-state index contributed by atoms with van der Waals surface area (Å²) in [5.41, 5.74) is -0.960. The van der Waals surface area contributed by atoms with Gasteiger partial charge in [-0.25, -0.2) is 0 Å². The van der Waals surface area contributed by atoms with Crippen molar-refractivity contribution in [2.75, 3.05) is 0 Å². The lowest BCUT2D eigenvalue weighted by molar-refractivity contribution is -0.138. The zero-order chi connectivity index (χ0) is 12.6. The van der Waals surface area contributed by atoms with Crippen LogP contribution < -0.4 is 0 Å². The summed E-state index contributed by atoms with van der Waals surface area (Å²) in [5.74, 6) is -0.773. The van der Waals surface area contributed by atoms with Gasteiger partial charge in [0.05, 0.1) is 0 Å². The molecule has 0 aromatic carbocycles. The maximum absolute atomic E-state index is 10.9. The summed E-state index contributed by atoms with van der Waals surface area (Å²) in [6, 6.07) is 0. The van der Waals surface area contributed by atoms with Crippen LogP contribution in [-0.4, -0.2) is 27.6 Å². The average Bonchev–Trinajstić information content (AvgIpc) is 2.19. The first-order valence-corrected chi connectivity index (χ1v) is 5.87. The number of carbonyl (C=O) groups excluding carboxylic acids is 1. The summed E-state index contributed by atoms with van der Waals surface area (Å²) < 4.78 is 0. The van der Waals surface area contributed by atoms with Crippen molar-refractivity contribution in [3.63, 3.8) is 0 Å². The molecule has 0 bridgehead atoms. The van der Waals surface area contributed by atoms with E-state index in [1.165, 1.54) is 6.92 Å². The molecule has 4 nitrogen and oxygen atoms in total. The highest BCUT2D eigenvalue weighted by Crippen LogP contribution is 2.28. The predicted molar refractivity (Wildman–Crippen MR) is 61.3 cm³/mol. The molecular weight excluding hydrogens is 208 g/mol. The second-order valence-corrected chi connectivity index (χ2v) is 4.29. The molecule has 0 aromatic heterocycles.